The SMILES string of the molecule is CC(C)(C)NCC(O)CN1C(=O)c2cccnc2S1(=O)=O. The van der Waals surface area contributed by atoms with Gasteiger partial charge in [-0.2, -0.15) is 8.42 Å². The van der Waals surface area contributed by atoms with Gasteiger partial charge in [-0.05, 0) is 32.9 Å². The van der Waals surface area contributed by atoms with Gasteiger partial charge in [0.25, 0.3) is 15.9 Å². The lowest BCUT2D eigenvalue weighted by molar-refractivity contribution is 0.0785. The van der Waals surface area contributed by atoms with E-state index in [4.69, 9.17) is 0 Å². The van der Waals surface area contributed by atoms with Gasteiger partial charge in [0.2, 0.25) is 0 Å². The number of fused-ring (bicyclic) bond motifs is 1. The average molecular weight is 313 g/mol. The van der Waals surface area contributed by atoms with Crippen LogP contribution in [-0.2, 0) is 10.0 Å². The third-order valence-corrected chi connectivity index (χ3v) is 4.72. The lowest BCUT2D eigenvalue weighted by Crippen LogP contribution is -2.46. The maximum absolute atomic E-state index is 12.2. The van der Waals surface area contributed by atoms with Gasteiger partial charge in [0, 0.05) is 18.3 Å². The molecule has 0 fully saturated rings. The number of rotatable bonds is 4. The van der Waals surface area contributed by atoms with E-state index in [-0.39, 0.29) is 29.2 Å². The van der Waals surface area contributed by atoms with Crippen LogP contribution in [0.4, 0.5) is 0 Å². The summed E-state index contributed by atoms with van der Waals surface area (Å²) in [7, 11) is -3.96. The summed E-state index contributed by atoms with van der Waals surface area (Å²) in [5.74, 6) is -0.645. The number of carbonyl (C=O) groups excluding carboxylic acids is 1. The Morgan fingerprint density at radius 1 is 1.43 bits per heavy atom. The predicted molar refractivity (Wildman–Crippen MR) is 76.2 cm³/mol. The van der Waals surface area contributed by atoms with E-state index in [0.717, 1.165) is 0 Å². The summed E-state index contributed by atoms with van der Waals surface area (Å²) in [5, 5.41) is 12.8. The summed E-state index contributed by atoms with van der Waals surface area (Å²) >= 11 is 0. The minimum absolute atomic E-state index is 0.0495. The van der Waals surface area contributed by atoms with Crippen molar-refractivity contribution in [2.45, 2.75) is 37.4 Å². The second kappa shape index (κ2) is 5.36. The topological polar surface area (TPSA) is 99.6 Å². The zero-order chi connectivity index (χ0) is 15.8. The minimum atomic E-state index is -3.96. The number of nitrogens with zero attached hydrogens (tertiary/aromatic N) is 2. The summed E-state index contributed by atoms with van der Waals surface area (Å²) in [6, 6.07) is 2.93. The van der Waals surface area contributed by atoms with E-state index >= 15 is 0 Å². The summed E-state index contributed by atoms with van der Waals surface area (Å²) in [4.78, 5) is 15.9. The maximum Gasteiger partial charge on any atom is 0.285 e. The van der Waals surface area contributed by atoms with Gasteiger partial charge in [0.05, 0.1) is 18.2 Å². The molecule has 0 spiro atoms. The van der Waals surface area contributed by atoms with Crippen LogP contribution in [0.5, 0.6) is 0 Å². The molecule has 2 N–H and O–H groups in total. The van der Waals surface area contributed by atoms with Crippen LogP contribution in [0.3, 0.4) is 0 Å². The maximum atomic E-state index is 12.2. The molecule has 2 heterocycles. The molecule has 8 heteroatoms. The van der Waals surface area contributed by atoms with Crippen molar-refractivity contribution < 1.29 is 18.3 Å². The smallest absolute Gasteiger partial charge is 0.285 e. The lowest BCUT2D eigenvalue weighted by atomic mass is 10.1. The highest BCUT2D eigenvalue weighted by Crippen LogP contribution is 2.27. The van der Waals surface area contributed by atoms with E-state index < -0.39 is 22.0 Å². The van der Waals surface area contributed by atoms with Crippen molar-refractivity contribution in [1.82, 2.24) is 14.6 Å². The third-order valence-electron chi connectivity index (χ3n) is 3.01. The molecule has 1 unspecified atom stereocenters. The normalized spacial score (nSPS) is 18.7. The van der Waals surface area contributed by atoms with Crippen molar-refractivity contribution in [3.8, 4) is 0 Å². The van der Waals surface area contributed by atoms with Gasteiger partial charge in [0.1, 0.15) is 0 Å². The molecule has 0 saturated carbocycles. The van der Waals surface area contributed by atoms with Crippen molar-refractivity contribution in [2.24, 2.45) is 0 Å². The van der Waals surface area contributed by atoms with Crippen LogP contribution >= 0.6 is 0 Å². The molecular weight excluding hydrogens is 294 g/mol. The Kier molecular flexibility index (Phi) is 4.05. The van der Waals surface area contributed by atoms with Crippen LogP contribution in [0.15, 0.2) is 23.4 Å². The Morgan fingerprint density at radius 3 is 2.67 bits per heavy atom. The molecule has 1 aromatic rings. The fourth-order valence-electron chi connectivity index (χ4n) is 1.97. The molecular formula is C13H19N3O4S. The molecule has 1 aromatic heterocycles. The standard InChI is InChI=1S/C13H19N3O4S/c1-13(2,3)15-7-9(17)8-16-12(18)10-5-4-6-14-11(10)21(16,19)20/h4-6,9,15,17H,7-8H2,1-3H3. The molecule has 116 valence electrons. The van der Waals surface area contributed by atoms with Gasteiger partial charge in [-0.25, -0.2) is 9.29 Å². The number of aliphatic hydroxyl groups is 1. The number of aromatic nitrogens is 1. The molecule has 7 nitrogen and oxygen atoms in total. The molecule has 21 heavy (non-hydrogen) atoms. The van der Waals surface area contributed by atoms with Crippen LogP contribution in [0.25, 0.3) is 0 Å². The van der Waals surface area contributed by atoms with Gasteiger partial charge >= 0.3 is 0 Å². The number of hydrogen-bond donors (Lipinski definition) is 2. The third kappa shape index (κ3) is 3.22. The Morgan fingerprint density at radius 2 is 2.10 bits per heavy atom. The van der Waals surface area contributed by atoms with E-state index in [9.17, 15) is 18.3 Å². The predicted octanol–water partition coefficient (Wildman–Crippen LogP) is -0.0249. The number of sulfonamides is 1. The fourth-order valence-corrected chi connectivity index (χ4v) is 3.49. The first-order chi connectivity index (χ1) is 9.63. The number of pyridine rings is 1. The van der Waals surface area contributed by atoms with E-state index in [2.05, 4.69) is 10.3 Å². The van der Waals surface area contributed by atoms with Crippen LogP contribution < -0.4 is 5.32 Å². The Bertz CT molecular complexity index is 652. The Labute approximate surface area is 124 Å². The number of nitrogens with one attached hydrogen (secondary N) is 1. The Hall–Kier alpha value is -1.51. The molecule has 1 atom stereocenters. The van der Waals surface area contributed by atoms with Crippen molar-refractivity contribution in [1.29, 1.82) is 0 Å². The number of amides is 1. The largest absolute Gasteiger partial charge is 0.390 e. The molecule has 0 aliphatic carbocycles. The van der Waals surface area contributed by atoms with Gasteiger partial charge in [-0.15, -0.1) is 0 Å². The van der Waals surface area contributed by atoms with E-state index in [1.54, 1.807) is 0 Å². The molecule has 1 amide bonds. The number of carbonyl (C=O) groups is 1. The molecule has 1 aliphatic heterocycles. The molecule has 1 aliphatic rings. The Balaban J connectivity index is 2.14. The summed E-state index contributed by atoms with van der Waals surface area (Å²) < 4.78 is 25.2. The van der Waals surface area contributed by atoms with Crippen molar-refractivity contribution in [3.63, 3.8) is 0 Å². The van der Waals surface area contributed by atoms with Gasteiger partial charge in [-0.1, -0.05) is 0 Å². The van der Waals surface area contributed by atoms with Crippen LogP contribution in [-0.4, -0.2) is 53.5 Å². The van der Waals surface area contributed by atoms with Crippen LogP contribution in [0, 0.1) is 0 Å². The summed E-state index contributed by atoms with van der Waals surface area (Å²) in [5.41, 5.74) is -0.159. The van der Waals surface area contributed by atoms with Crippen molar-refractivity contribution >= 4 is 15.9 Å². The first-order valence-corrected chi connectivity index (χ1v) is 8.02. The molecule has 0 bridgehead atoms. The highest BCUT2D eigenvalue weighted by atomic mass is 32.2. The highest BCUT2D eigenvalue weighted by molar-refractivity contribution is 7.90. The minimum Gasteiger partial charge on any atom is -0.390 e. The first-order valence-electron chi connectivity index (χ1n) is 6.58. The molecule has 0 radical (unpaired) electrons. The van der Waals surface area contributed by atoms with Crippen molar-refractivity contribution in [3.05, 3.63) is 23.9 Å². The van der Waals surface area contributed by atoms with Crippen LogP contribution in [0.1, 0.15) is 31.1 Å². The monoisotopic (exact) mass is 313 g/mol. The lowest BCUT2D eigenvalue weighted by Gasteiger charge is -2.24. The second-order valence-corrected chi connectivity index (χ2v) is 7.76. The average Bonchev–Trinajstić information content (AvgIpc) is 2.58. The van der Waals surface area contributed by atoms with Crippen molar-refractivity contribution in [2.75, 3.05) is 13.1 Å². The first kappa shape index (κ1) is 15.9. The summed E-state index contributed by atoms with van der Waals surface area (Å²) in [6.07, 6.45) is 0.336. The number of hydrogen-bond acceptors (Lipinski definition) is 6. The van der Waals surface area contributed by atoms with Gasteiger partial charge in [0.15, 0.2) is 5.03 Å². The van der Waals surface area contributed by atoms with Gasteiger partial charge in [-0.3, -0.25) is 4.79 Å². The van der Waals surface area contributed by atoms with Crippen LogP contribution in [0.2, 0.25) is 0 Å². The van der Waals surface area contributed by atoms with E-state index in [1.807, 2.05) is 20.8 Å². The number of β-amino-alcohol motifs (C(OH)–C–C–N with tert-alkyl or cyclic N) is 1. The number of aliphatic hydroxyl groups excluding tert-OH is 1. The quantitative estimate of drug-likeness (QED) is 0.810. The second-order valence-electron chi connectivity index (χ2n) is 5.98. The summed E-state index contributed by atoms with van der Waals surface area (Å²) in [6.45, 7) is 5.68. The fraction of sp³-hybridized carbons (Fsp3) is 0.538. The van der Waals surface area contributed by atoms with E-state index in [1.165, 1.54) is 18.3 Å². The zero-order valence-corrected chi connectivity index (χ0v) is 13.0. The molecule has 0 saturated heterocycles. The highest BCUT2D eigenvalue weighted by Gasteiger charge is 2.43. The molecule has 2 rings (SSSR count). The van der Waals surface area contributed by atoms with E-state index in [0.29, 0.717) is 4.31 Å². The zero-order valence-electron chi connectivity index (χ0n) is 12.2. The van der Waals surface area contributed by atoms with Gasteiger partial charge < -0.3 is 10.4 Å². The molecule has 0 aromatic carbocycles.